The summed E-state index contributed by atoms with van der Waals surface area (Å²) in [6.45, 7) is 3.37. The smallest absolute Gasteiger partial charge is 0.0538 e. The van der Waals surface area contributed by atoms with Gasteiger partial charge in [0.2, 0.25) is 0 Å². The molecule has 2 rings (SSSR count). The zero-order valence-electron chi connectivity index (χ0n) is 12.0. The van der Waals surface area contributed by atoms with Crippen LogP contribution in [0.5, 0.6) is 0 Å². The monoisotopic (exact) mass is 266 g/mol. The number of hydrogen-bond acceptors (Lipinski definition) is 4. The minimum absolute atomic E-state index is 0.0588. The van der Waals surface area contributed by atoms with Crippen LogP contribution in [0.1, 0.15) is 44.2 Å². The quantitative estimate of drug-likeness (QED) is 0.836. The second kappa shape index (κ2) is 6.50. The Morgan fingerprint density at radius 2 is 2.32 bits per heavy atom. The molecule has 0 saturated carbocycles. The number of piperidine rings is 1. The number of rotatable bonds is 5. The molecule has 1 saturated heterocycles. The molecule has 0 aliphatic carbocycles. The van der Waals surface area contributed by atoms with E-state index in [0.717, 1.165) is 19.4 Å². The molecule has 1 aromatic heterocycles. The number of hydrogen-bond donors (Lipinski definition) is 2. The van der Waals surface area contributed by atoms with E-state index >= 15 is 0 Å². The van der Waals surface area contributed by atoms with Crippen LogP contribution < -0.4 is 5.73 Å². The average Bonchev–Trinajstić information content (AvgIpc) is 2.78. The maximum absolute atomic E-state index is 9.26. The summed E-state index contributed by atoms with van der Waals surface area (Å²) in [7, 11) is 1.93. The van der Waals surface area contributed by atoms with Crippen LogP contribution >= 0.6 is 0 Å². The fourth-order valence-corrected chi connectivity index (χ4v) is 3.24. The van der Waals surface area contributed by atoms with E-state index in [1.54, 1.807) is 0 Å². The molecule has 1 aliphatic heterocycles. The Bertz CT molecular complexity index is 389. The molecule has 0 bridgehead atoms. The molecule has 1 fully saturated rings. The fourth-order valence-electron chi connectivity index (χ4n) is 3.24. The Hall–Kier alpha value is -0.910. The van der Waals surface area contributed by atoms with Crippen LogP contribution in [-0.2, 0) is 7.05 Å². The maximum atomic E-state index is 9.26. The average molecular weight is 266 g/mol. The van der Waals surface area contributed by atoms with Gasteiger partial charge in [0.05, 0.1) is 12.2 Å². The Labute approximate surface area is 115 Å². The molecular weight excluding hydrogens is 240 g/mol. The van der Waals surface area contributed by atoms with Crippen LogP contribution in [-0.4, -0.2) is 45.0 Å². The van der Waals surface area contributed by atoms with Crippen molar-refractivity contribution in [1.29, 1.82) is 0 Å². The second-order valence-electron chi connectivity index (χ2n) is 5.65. The number of aliphatic hydroxyl groups excluding tert-OH is 1. The van der Waals surface area contributed by atoms with Crippen molar-refractivity contribution in [2.45, 2.75) is 50.7 Å². The molecule has 3 atom stereocenters. The number of nitrogens with two attached hydrogens (primary N) is 1. The summed E-state index contributed by atoms with van der Waals surface area (Å²) in [5.41, 5.74) is 7.41. The molecule has 1 aliphatic rings. The molecule has 5 heteroatoms. The third kappa shape index (κ3) is 3.35. The minimum atomic E-state index is 0.0588. The normalized spacial score (nSPS) is 24.3. The molecular formula is C14H26N4O. The van der Waals surface area contributed by atoms with E-state index in [0.29, 0.717) is 6.04 Å². The van der Waals surface area contributed by atoms with Gasteiger partial charge in [-0.2, -0.15) is 5.10 Å². The number of aromatic nitrogens is 2. The molecule has 19 heavy (non-hydrogen) atoms. The Morgan fingerprint density at radius 1 is 1.53 bits per heavy atom. The molecule has 1 aromatic rings. The number of aliphatic hydroxyl groups is 1. The summed E-state index contributed by atoms with van der Waals surface area (Å²) in [6.07, 6.45) is 8.43. The number of nitrogens with zero attached hydrogens (tertiary/aromatic N) is 3. The summed E-state index contributed by atoms with van der Waals surface area (Å²) in [5, 5.41) is 13.5. The molecule has 0 radical (unpaired) electrons. The Balaban J connectivity index is 2.21. The lowest BCUT2D eigenvalue weighted by Gasteiger charge is -2.42. The van der Waals surface area contributed by atoms with Crippen molar-refractivity contribution < 1.29 is 5.11 Å². The fraction of sp³-hybridized carbons (Fsp3) is 0.786. The van der Waals surface area contributed by atoms with Crippen molar-refractivity contribution in [3.05, 3.63) is 18.0 Å². The van der Waals surface area contributed by atoms with Crippen molar-refractivity contribution in [3.63, 3.8) is 0 Å². The van der Waals surface area contributed by atoms with Gasteiger partial charge in [-0.1, -0.05) is 6.42 Å². The highest BCUT2D eigenvalue weighted by atomic mass is 16.3. The van der Waals surface area contributed by atoms with Gasteiger partial charge < -0.3 is 10.8 Å². The highest BCUT2D eigenvalue weighted by Crippen LogP contribution is 2.31. The lowest BCUT2D eigenvalue weighted by Crippen LogP contribution is -2.47. The first-order valence-electron chi connectivity index (χ1n) is 7.24. The van der Waals surface area contributed by atoms with E-state index in [1.165, 1.54) is 18.4 Å². The van der Waals surface area contributed by atoms with Gasteiger partial charge >= 0.3 is 0 Å². The van der Waals surface area contributed by atoms with Crippen molar-refractivity contribution >= 4 is 0 Å². The van der Waals surface area contributed by atoms with Crippen LogP contribution in [0.4, 0.5) is 0 Å². The van der Waals surface area contributed by atoms with Crippen molar-refractivity contribution in [2.24, 2.45) is 12.8 Å². The van der Waals surface area contributed by atoms with Crippen LogP contribution in [0.2, 0.25) is 0 Å². The van der Waals surface area contributed by atoms with Crippen LogP contribution in [0.3, 0.4) is 0 Å². The minimum Gasteiger partial charge on any atom is -0.396 e. The van der Waals surface area contributed by atoms with Crippen LogP contribution in [0.25, 0.3) is 0 Å². The number of aryl methyl sites for hydroxylation is 1. The molecule has 108 valence electrons. The highest BCUT2D eigenvalue weighted by molar-refractivity contribution is 5.14. The molecule has 3 N–H and O–H groups in total. The van der Waals surface area contributed by atoms with E-state index in [9.17, 15) is 5.11 Å². The van der Waals surface area contributed by atoms with Crippen molar-refractivity contribution in [2.75, 3.05) is 13.2 Å². The molecule has 3 unspecified atom stereocenters. The van der Waals surface area contributed by atoms with Gasteiger partial charge in [-0.25, -0.2) is 0 Å². The van der Waals surface area contributed by atoms with Crippen LogP contribution in [0.15, 0.2) is 12.4 Å². The Kier molecular flexibility index (Phi) is 4.96. The summed E-state index contributed by atoms with van der Waals surface area (Å²) in [5.74, 6) is 0. The predicted octanol–water partition coefficient (Wildman–Crippen LogP) is 1.05. The van der Waals surface area contributed by atoms with Crippen molar-refractivity contribution in [3.8, 4) is 0 Å². The van der Waals surface area contributed by atoms with Gasteiger partial charge in [-0.05, 0) is 32.7 Å². The van der Waals surface area contributed by atoms with Gasteiger partial charge in [0.1, 0.15) is 0 Å². The first-order valence-corrected chi connectivity index (χ1v) is 7.24. The van der Waals surface area contributed by atoms with Gasteiger partial charge in [-0.3, -0.25) is 9.58 Å². The predicted molar refractivity (Wildman–Crippen MR) is 75.6 cm³/mol. The SMILES string of the molecule is CC(N)C(c1cnn(C)c1)N1CCCCC1CCO. The molecule has 0 amide bonds. The van der Waals surface area contributed by atoms with Crippen molar-refractivity contribution in [1.82, 2.24) is 14.7 Å². The largest absolute Gasteiger partial charge is 0.396 e. The van der Waals surface area contributed by atoms with E-state index in [1.807, 2.05) is 17.9 Å². The Morgan fingerprint density at radius 3 is 2.89 bits per heavy atom. The first kappa shape index (κ1) is 14.5. The highest BCUT2D eigenvalue weighted by Gasteiger charge is 2.32. The van der Waals surface area contributed by atoms with E-state index in [-0.39, 0.29) is 18.7 Å². The zero-order chi connectivity index (χ0) is 13.8. The molecule has 2 heterocycles. The van der Waals surface area contributed by atoms with Gasteiger partial charge in [0, 0.05) is 37.5 Å². The summed E-state index contributed by atoms with van der Waals surface area (Å²) >= 11 is 0. The zero-order valence-corrected chi connectivity index (χ0v) is 12.0. The molecule has 0 spiro atoms. The van der Waals surface area contributed by atoms with Gasteiger partial charge in [0.25, 0.3) is 0 Å². The lowest BCUT2D eigenvalue weighted by molar-refractivity contribution is 0.0652. The van der Waals surface area contributed by atoms with Gasteiger partial charge in [-0.15, -0.1) is 0 Å². The lowest BCUT2D eigenvalue weighted by atomic mass is 9.93. The van der Waals surface area contributed by atoms with Gasteiger partial charge in [0.15, 0.2) is 0 Å². The van der Waals surface area contributed by atoms with E-state index in [2.05, 4.69) is 23.1 Å². The van der Waals surface area contributed by atoms with Crippen LogP contribution in [0, 0.1) is 0 Å². The molecule has 0 aromatic carbocycles. The third-order valence-electron chi connectivity index (χ3n) is 4.06. The summed E-state index contributed by atoms with van der Waals surface area (Å²) < 4.78 is 1.83. The van der Waals surface area contributed by atoms with E-state index in [4.69, 9.17) is 5.73 Å². The first-order chi connectivity index (χ1) is 9.13. The molecule has 5 nitrogen and oxygen atoms in total. The third-order valence-corrected chi connectivity index (χ3v) is 4.06. The summed E-state index contributed by atoms with van der Waals surface area (Å²) in [4.78, 5) is 2.47. The van der Waals surface area contributed by atoms with E-state index < -0.39 is 0 Å². The standard InChI is InChI=1S/C14H26N4O/c1-11(15)14(12-9-16-17(2)10-12)18-7-4-3-5-13(18)6-8-19/h9-11,13-14,19H,3-8,15H2,1-2H3. The summed E-state index contributed by atoms with van der Waals surface area (Å²) in [6, 6.07) is 0.698. The maximum Gasteiger partial charge on any atom is 0.0538 e. The second-order valence-corrected chi connectivity index (χ2v) is 5.65. The topological polar surface area (TPSA) is 67.3 Å². The number of likely N-dealkylation sites (tertiary alicyclic amines) is 1.